The monoisotopic (exact) mass is 274 g/mol. The number of carboxylic acid groups (broad SMARTS) is 1. The van der Waals surface area contributed by atoms with Gasteiger partial charge in [-0.05, 0) is 18.9 Å². The summed E-state index contributed by atoms with van der Waals surface area (Å²) in [4.78, 5) is 11.4. The van der Waals surface area contributed by atoms with Crippen molar-refractivity contribution in [2.45, 2.75) is 44.6 Å². The highest BCUT2D eigenvalue weighted by atomic mass is 16.4. The van der Waals surface area contributed by atoms with Crippen LogP contribution in [0.15, 0.2) is 29.2 Å². The van der Waals surface area contributed by atoms with E-state index in [9.17, 15) is 9.90 Å². The van der Waals surface area contributed by atoms with E-state index in [-0.39, 0.29) is 5.56 Å². The molecule has 3 rings (SSSR count). The Morgan fingerprint density at radius 3 is 2.65 bits per heavy atom. The second-order valence-electron chi connectivity index (χ2n) is 5.33. The molecule has 1 saturated carbocycles. The minimum atomic E-state index is -0.943. The first-order valence-corrected chi connectivity index (χ1v) is 7.10. The number of carboxylic acids is 1. The maximum atomic E-state index is 11.4. The molecule has 0 aromatic carbocycles. The molecule has 0 bridgehead atoms. The van der Waals surface area contributed by atoms with Gasteiger partial charge in [0.15, 0.2) is 0 Å². The van der Waals surface area contributed by atoms with Gasteiger partial charge in [-0.25, -0.2) is 4.79 Å². The van der Waals surface area contributed by atoms with E-state index < -0.39 is 5.97 Å². The van der Waals surface area contributed by atoms with Gasteiger partial charge in [0, 0.05) is 11.8 Å². The second-order valence-corrected chi connectivity index (χ2v) is 5.33. The summed E-state index contributed by atoms with van der Waals surface area (Å²) in [5.41, 5.74) is 1.46. The normalized spacial score (nSPS) is 17.0. The summed E-state index contributed by atoms with van der Waals surface area (Å²) in [7, 11) is 0. The summed E-state index contributed by atoms with van der Waals surface area (Å²) in [6, 6.07) is 2.06. The Hall–Kier alpha value is -2.04. The van der Waals surface area contributed by atoms with Crippen molar-refractivity contribution in [3.8, 4) is 11.3 Å². The highest BCUT2D eigenvalue weighted by molar-refractivity contribution is 5.94. The molecule has 1 N–H and O–H groups in total. The first kappa shape index (κ1) is 13.0. The third-order valence-corrected chi connectivity index (χ3v) is 3.96. The first-order valence-electron chi connectivity index (χ1n) is 7.10. The minimum absolute atomic E-state index is 0.246. The largest absolute Gasteiger partial charge is 0.478 e. The van der Waals surface area contributed by atoms with Crippen molar-refractivity contribution in [3.05, 3.63) is 30.4 Å². The maximum absolute atomic E-state index is 11.4. The smallest absolute Gasteiger partial charge is 0.339 e. The zero-order valence-corrected chi connectivity index (χ0v) is 11.3. The molecule has 2 aromatic rings. The zero-order chi connectivity index (χ0) is 13.9. The third kappa shape index (κ3) is 2.48. The van der Waals surface area contributed by atoms with Crippen molar-refractivity contribution in [2.75, 3.05) is 0 Å². The Kier molecular flexibility index (Phi) is 3.58. The lowest BCUT2D eigenvalue weighted by Crippen LogP contribution is -2.08. The van der Waals surface area contributed by atoms with Gasteiger partial charge in [0.2, 0.25) is 0 Å². The van der Waals surface area contributed by atoms with E-state index in [1.165, 1.54) is 38.2 Å². The van der Waals surface area contributed by atoms with Crippen LogP contribution in [0.2, 0.25) is 0 Å². The first-order chi connectivity index (χ1) is 9.75. The van der Waals surface area contributed by atoms with Gasteiger partial charge in [-0.1, -0.05) is 25.7 Å². The van der Waals surface area contributed by atoms with Crippen LogP contribution >= 0.6 is 0 Å². The molecule has 20 heavy (non-hydrogen) atoms. The lowest BCUT2D eigenvalue weighted by Gasteiger charge is -2.14. The Morgan fingerprint density at radius 2 is 2.05 bits per heavy atom. The van der Waals surface area contributed by atoms with Gasteiger partial charge in [0.1, 0.15) is 11.3 Å². The zero-order valence-electron chi connectivity index (χ0n) is 11.3. The molecule has 1 aliphatic rings. The summed E-state index contributed by atoms with van der Waals surface area (Å²) >= 11 is 0. The van der Waals surface area contributed by atoms with Gasteiger partial charge in [0.05, 0.1) is 18.6 Å². The molecule has 0 spiro atoms. The van der Waals surface area contributed by atoms with Gasteiger partial charge in [-0.2, -0.15) is 5.10 Å². The Balaban J connectivity index is 1.96. The number of hydrogen-bond donors (Lipinski definition) is 1. The van der Waals surface area contributed by atoms with Crippen LogP contribution in [0.1, 0.15) is 54.9 Å². The molecule has 1 fully saturated rings. The van der Waals surface area contributed by atoms with Crippen LogP contribution in [0.25, 0.3) is 11.3 Å². The van der Waals surface area contributed by atoms with Crippen molar-refractivity contribution in [1.29, 1.82) is 0 Å². The molecule has 0 atom stereocenters. The van der Waals surface area contributed by atoms with Crippen LogP contribution in [0, 0.1) is 0 Å². The molecular weight excluding hydrogens is 256 g/mol. The van der Waals surface area contributed by atoms with Gasteiger partial charge in [-0.15, -0.1) is 0 Å². The molecule has 5 nitrogen and oxygen atoms in total. The van der Waals surface area contributed by atoms with Crippen molar-refractivity contribution >= 4 is 5.97 Å². The van der Waals surface area contributed by atoms with Gasteiger partial charge < -0.3 is 9.52 Å². The highest BCUT2D eigenvalue weighted by Gasteiger charge is 2.22. The van der Waals surface area contributed by atoms with Crippen LogP contribution in [-0.4, -0.2) is 20.9 Å². The van der Waals surface area contributed by atoms with Crippen LogP contribution < -0.4 is 0 Å². The van der Waals surface area contributed by atoms with Crippen LogP contribution in [0.3, 0.4) is 0 Å². The molecule has 106 valence electrons. The molecule has 0 saturated heterocycles. The lowest BCUT2D eigenvalue weighted by molar-refractivity contribution is 0.0697. The Morgan fingerprint density at radius 1 is 1.30 bits per heavy atom. The molecule has 2 heterocycles. The van der Waals surface area contributed by atoms with E-state index >= 15 is 0 Å². The van der Waals surface area contributed by atoms with E-state index in [2.05, 4.69) is 5.10 Å². The molecule has 2 aromatic heterocycles. The number of furan rings is 1. The number of aromatic nitrogens is 2. The summed E-state index contributed by atoms with van der Waals surface area (Å²) < 4.78 is 6.88. The van der Waals surface area contributed by atoms with Crippen molar-refractivity contribution in [3.63, 3.8) is 0 Å². The molecule has 0 radical (unpaired) electrons. The van der Waals surface area contributed by atoms with Crippen molar-refractivity contribution in [2.24, 2.45) is 0 Å². The second kappa shape index (κ2) is 5.53. The predicted molar refractivity (Wildman–Crippen MR) is 73.6 cm³/mol. The van der Waals surface area contributed by atoms with Crippen LogP contribution in [0.5, 0.6) is 0 Å². The fourth-order valence-electron chi connectivity index (χ4n) is 2.87. The number of nitrogens with zero attached hydrogens (tertiary/aromatic N) is 2. The van der Waals surface area contributed by atoms with Crippen LogP contribution in [0.4, 0.5) is 0 Å². The van der Waals surface area contributed by atoms with Crippen molar-refractivity contribution < 1.29 is 14.3 Å². The van der Waals surface area contributed by atoms with Crippen molar-refractivity contribution in [1.82, 2.24) is 9.78 Å². The molecule has 0 amide bonds. The summed E-state index contributed by atoms with van der Waals surface area (Å²) in [5.74, 6) is -0.943. The molecule has 0 unspecified atom stereocenters. The number of aromatic carboxylic acids is 1. The topological polar surface area (TPSA) is 68.3 Å². The lowest BCUT2D eigenvalue weighted by atomic mass is 10.1. The standard InChI is InChI=1S/C15H18N2O3/c18-15(19)13-9-17(12-5-3-1-2-4-6-12)16-14(13)11-7-8-20-10-11/h7-10,12H,1-6H2,(H,18,19). The van der Waals surface area contributed by atoms with Gasteiger partial charge >= 0.3 is 5.97 Å². The molecule has 5 heteroatoms. The predicted octanol–water partition coefficient (Wildman–Crippen LogP) is 3.74. The average Bonchev–Trinajstić information content (AvgIpc) is 3.02. The SMILES string of the molecule is O=C(O)c1cn(C2CCCCCC2)nc1-c1ccoc1. The van der Waals surface area contributed by atoms with Crippen LogP contribution in [-0.2, 0) is 0 Å². The fraction of sp³-hybridized carbons (Fsp3) is 0.467. The maximum Gasteiger partial charge on any atom is 0.339 e. The molecular formula is C15H18N2O3. The fourth-order valence-corrected chi connectivity index (χ4v) is 2.87. The summed E-state index contributed by atoms with van der Waals surface area (Å²) in [5, 5.41) is 13.9. The highest BCUT2D eigenvalue weighted by Crippen LogP contribution is 2.30. The molecule has 1 aliphatic carbocycles. The van der Waals surface area contributed by atoms with E-state index in [4.69, 9.17) is 4.42 Å². The van der Waals surface area contributed by atoms with E-state index in [1.54, 1.807) is 12.3 Å². The van der Waals surface area contributed by atoms with E-state index in [0.717, 1.165) is 18.4 Å². The Bertz CT molecular complexity index is 578. The molecule has 0 aliphatic heterocycles. The number of hydrogen-bond acceptors (Lipinski definition) is 3. The third-order valence-electron chi connectivity index (χ3n) is 3.96. The van der Waals surface area contributed by atoms with E-state index in [1.807, 2.05) is 4.68 Å². The minimum Gasteiger partial charge on any atom is -0.478 e. The summed E-state index contributed by atoms with van der Waals surface area (Å²) in [6.07, 6.45) is 11.8. The van der Waals surface area contributed by atoms with Gasteiger partial charge in [-0.3, -0.25) is 4.68 Å². The number of rotatable bonds is 3. The number of carbonyl (C=O) groups is 1. The Labute approximate surface area is 117 Å². The van der Waals surface area contributed by atoms with Gasteiger partial charge in [0.25, 0.3) is 0 Å². The van der Waals surface area contributed by atoms with E-state index in [0.29, 0.717) is 11.7 Å². The quantitative estimate of drug-likeness (QED) is 0.866. The average molecular weight is 274 g/mol. The summed E-state index contributed by atoms with van der Waals surface area (Å²) in [6.45, 7) is 0.